The maximum absolute atomic E-state index is 9.52. The highest BCUT2D eigenvalue weighted by Crippen LogP contribution is 2.40. The fourth-order valence-corrected chi connectivity index (χ4v) is 4.86. The summed E-state index contributed by atoms with van der Waals surface area (Å²) in [5, 5.41) is 9.52. The number of benzene rings is 1. The predicted molar refractivity (Wildman–Crippen MR) is 105 cm³/mol. The summed E-state index contributed by atoms with van der Waals surface area (Å²) in [6.07, 6.45) is 12.9. The summed E-state index contributed by atoms with van der Waals surface area (Å²) < 4.78 is 0. The maximum atomic E-state index is 9.52. The highest BCUT2D eigenvalue weighted by Gasteiger charge is 2.36. The van der Waals surface area contributed by atoms with Gasteiger partial charge in [0.25, 0.3) is 0 Å². The lowest BCUT2D eigenvalue weighted by molar-refractivity contribution is 0.198. The molecular formula is C23H30N2O. The Balaban J connectivity index is 1.38. The van der Waals surface area contributed by atoms with Crippen molar-refractivity contribution in [3.63, 3.8) is 0 Å². The van der Waals surface area contributed by atoms with Crippen LogP contribution in [0.5, 0.6) is 0 Å². The third-order valence-corrected chi connectivity index (χ3v) is 6.58. The molecule has 3 atom stereocenters. The van der Waals surface area contributed by atoms with Crippen LogP contribution in [0.2, 0.25) is 0 Å². The van der Waals surface area contributed by atoms with Crippen LogP contribution in [0.4, 0.5) is 0 Å². The number of aryl methyl sites for hydroxylation is 2. The minimum atomic E-state index is -0.362. The van der Waals surface area contributed by atoms with Crippen LogP contribution in [0.3, 0.4) is 0 Å². The number of aliphatic hydroxyl groups is 1. The minimum absolute atomic E-state index is 0.105. The van der Waals surface area contributed by atoms with E-state index in [9.17, 15) is 5.11 Å². The van der Waals surface area contributed by atoms with E-state index in [1.165, 1.54) is 36.8 Å². The van der Waals surface area contributed by atoms with Crippen molar-refractivity contribution in [2.45, 2.75) is 62.8 Å². The van der Waals surface area contributed by atoms with Crippen molar-refractivity contribution in [3.05, 3.63) is 65.0 Å². The summed E-state index contributed by atoms with van der Waals surface area (Å²) in [6.45, 7) is 0.105. The van der Waals surface area contributed by atoms with Gasteiger partial charge in [0.2, 0.25) is 0 Å². The van der Waals surface area contributed by atoms with Gasteiger partial charge in [-0.05, 0) is 97.6 Å². The molecule has 2 aromatic rings. The summed E-state index contributed by atoms with van der Waals surface area (Å²) in [5.41, 5.74) is 11.8. The average Bonchev–Trinajstić information content (AvgIpc) is 3.09. The molecule has 4 rings (SSSR count). The number of rotatable bonds is 5. The fourth-order valence-electron chi connectivity index (χ4n) is 4.86. The quantitative estimate of drug-likeness (QED) is 0.863. The first-order chi connectivity index (χ1) is 12.6. The zero-order chi connectivity index (χ0) is 18.0. The molecule has 0 aliphatic heterocycles. The Morgan fingerprint density at radius 2 is 1.96 bits per heavy atom. The molecule has 3 N–H and O–H groups in total. The van der Waals surface area contributed by atoms with Crippen molar-refractivity contribution in [3.8, 4) is 0 Å². The van der Waals surface area contributed by atoms with Gasteiger partial charge < -0.3 is 10.8 Å². The van der Waals surface area contributed by atoms with Gasteiger partial charge in [-0.3, -0.25) is 4.98 Å². The molecular weight excluding hydrogens is 320 g/mol. The molecule has 0 spiro atoms. The van der Waals surface area contributed by atoms with Gasteiger partial charge in [0.1, 0.15) is 0 Å². The first-order valence-corrected chi connectivity index (χ1v) is 10.1. The van der Waals surface area contributed by atoms with Crippen molar-refractivity contribution in [2.75, 3.05) is 6.61 Å². The second kappa shape index (κ2) is 7.50. The van der Waals surface area contributed by atoms with E-state index in [0.29, 0.717) is 5.92 Å². The Kier molecular flexibility index (Phi) is 5.10. The molecule has 1 saturated carbocycles. The monoisotopic (exact) mass is 350 g/mol. The lowest BCUT2D eigenvalue weighted by Gasteiger charge is -2.26. The molecule has 138 valence electrons. The third kappa shape index (κ3) is 3.84. The molecule has 26 heavy (non-hydrogen) atoms. The van der Waals surface area contributed by atoms with Gasteiger partial charge in [-0.2, -0.15) is 0 Å². The molecule has 0 amide bonds. The van der Waals surface area contributed by atoms with Crippen LogP contribution in [0, 0.1) is 5.92 Å². The molecule has 2 aliphatic carbocycles. The van der Waals surface area contributed by atoms with Gasteiger partial charge in [-0.1, -0.05) is 18.2 Å². The molecule has 0 radical (unpaired) electrons. The molecule has 1 fully saturated rings. The fraction of sp³-hybridized carbons (Fsp3) is 0.522. The molecule has 2 aliphatic rings. The average molecular weight is 351 g/mol. The van der Waals surface area contributed by atoms with Crippen LogP contribution in [0.15, 0.2) is 42.7 Å². The van der Waals surface area contributed by atoms with Crippen molar-refractivity contribution in [1.29, 1.82) is 0 Å². The molecule has 0 saturated heterocycles. The number of nitrogens with zero attached hydrogens (tertiary/aromatic N) is 1. The second-order valence-electron chi connectivity index (χ2n) is 8.49. The predicted octanol–water partition coefficient (Wildman–Crippen LogP) is 3.78. The summed E-state index contributed by atoms with van der Waals surface area (Å²) in [6, 6.07) is 11.4. The van der Waals surface area contributed by atoms with Crippen LogP contribution < -0.4 is 5.73 Å². The lowest BCUT2D eigenvalue weighted by atomic mass is 9.79. The molecule has 3 heteroatoms. The molecule has 0 unspecified atom stereocenters. The summed E-state index contributed by atoms with van der Waals surface area (Å²) in [4.78, 5) is 4.10. The van der Waals surface area contributed by atoms with E-state index in [-0.39, 0.29) is 12.1 Å². The Morgan fingerprint density at radius 1 is 1.12 bits per heavy atom. The van der Waals surface area contributed by atoms with Gasteiger partial charge in [-0.25, -0.2) is 0 Å². The Morgan fingerprint density at radius 3 is 2.73 bits per heavy atom. The van der Waals surface area contributed by atoms with Gasteiger partial charge in [0.15, 0.2) is 0 Å². The van der Waals surface area contributed by atoms with Crippen molar-refractivity contribution in [1.82, 2.24) is 4.98 Å². The second-order valence-corrected chi connectivity index (χ2v) is 8.49. The van der Waals surface area contributed by atoms with Crippen LogP contribution >= 0.6 is 0 Å². The molecule has 1 heterocycles. The zero-order valence-electron chi connectivity index (χ0n) is 15.5. The summed E-state index contributed by atoms with van der Waals surface area (Å²) >= 11 is 0. The lowest BCUT2D eigenvalue weighted by Crippen LogP contribution is -2.40. The number of pyridine rings is 1. The highest BCUT2D eigenvalue weighted by atomic mass is 16.3. The first-order valence-electron chi connectivity index (χ1n) is 10.1. The van der Waals surface area contributed by atoms with Crippen molar-refractivity contribution in [2.24, 2.45) is 11.7 Å². The van der Waals surface area contributed by atoms with E-state index < -0.39 is 0 Å². The Bertz CT molecular complexity index is 745. The summed E-state index contributed by atoms with van der Waals surface area (Å²) in [7, 11) is 0. The normalized spacial score (nSPS) is 28.1. The number of hydrogen-bond acceptors (Lipinski definition) is 3. The molecule has 3 nitrogen and oxygen atoms in total. The standard InChI is InChI=1S/C23H30N2O/c24-23(16-26)10-7-22(15-23)21-6-5-19-13-18(3-4-20(19)14-21)2-1-17-8-11-25-12-9-17/h5-6,8-9,11-12,14,18,22,26H,1-4,7,10,13,15-16,24H2/t18-,22+,23-/m1/s1. The molecule has 1 aromatic heterocycles. The Hall–Kier alpha value is -1.71. The molecule has 1 aromatic carbocycles. The number of nitrogens with two attached hydrogens (primary N) is 1. The van der Waals surface area contributed by atoms with Gasteiger partial charge >= 0.3 is 0 Å². The SMILES string of the molecule is N[C@]1(CO)CC[C@H](c2ccc3c(c2)CC[C@@H](CCc2ccncc2)C3)C1. The van der Waals surface area contributed by atoms with E-state index in [0.717, 1.165) is 31.6 Å². The van der Waals surface area contributed by atoms with Gasteiger partial charge in [0.05, 0.1) is 6.61 Å². The Labute approximate surface area is 156 Å². The van der Waals surface area contributed by atoms with Crippen molar-refractivity contribution < 1.29 is 5.11 Å². The zero-order valence-corrected chi connectivity index (χ0v) is 15.5. The smallest absolute Gasteiger partial charge is 0.0611 e. The van der Waals surface area contributed by atoms with Crippen LogP contribution in [-0.2, 0) is 19.3 Å². The maximum Gasteiger partial charge on any atom is 0.0611 e. The topological polar surface area (TPSA) is 59.1 Å². The van der Waals surface area contributed by atoms with E-state index >= 15 is 0 Å². The van der Waals surface area contributed by atoms with Gasteiger partial charge in [-0.15, -0.1) is 0 Å². The number of hydrogen-bond donors (Lipinski definition) is 2. The van der Waals surface area contributed by atoms with Crippen LogP contribution in [-0.4, -0.2) is 22.2 Å². The summed E-state index contributed by atoms with van der Waals surface area (Å²) in [5.74, 6) is 1.31. The largest absolute Gasteiger partial charge is 0.394 e. The number of aromatic nitrogens is 1. The third-order valence-electron chi connectivity index (χ3n) is 6.58. The van der Waals surface area contributed by atoms with E-state index in [1.807, 2.05) is 12.4 Å². The van der Waals surface area contributed by atoms with Crippen LogP contribution in [0.25, 0.3) is 0 Å². The van der Waals surface area contributed by atoms with Gasteiger partial charge in [0, 0.05) is 17.9 Å². The minimum Gasteiger partial charge on any atom is -0.394 e. The number of aliphatic hydroxyl groups excluding tert-OH is 1. The van der Waals surface area contributed by atoms with E-state index in [2.05, 4.69) is 35.3 Å². The van der Waals surface area contributed by atoms with Crippen molar-refractivity contribution >= 4 is 0 Å². The molecule has 0 bridgehead atoms. The van der Waals surface area contributed by atoms with E-state index in [1.54, 1.807) is 11.1 Å². The number of fused-ring (bicyclic) bond motifs is 1. The van der Waals surface area contributed by atoms with Crippen LogP contribution in [0.1, 0.15) is 60.3 Å². The first kappa shape index (κ1) is 17.7. The van der Waals surface area contributed by atoms with E-state index in [4.69, 9.17) is 5.73 Å². The highest BCUT2D eigenvalue weighted by molar-refractivity contribution is 5.36.